The second kappa shape index (κ2) is 9.97. The van der Waals surface area contributed by atoms with Gasteiger partial charge in [0.15, 0.2) is 0 Å². The zero-order chi connectivity index (χ0) is 20.8. The summed E-state index contributed by atoms with van der Waals surface area (Å²) in [6, 6.07) is 12.4. The van der Waals surface area contributed by atoms with E-state index in [1.54, 1.807) is 25.1 Å². The Morgan fingerprint density at radius 2 is 1.69 bits per heavy atom. The molecule has 2 aromatic carbocycles. The van der Waals surface area contributed by atoms with Crippen LogP contribution in [0, 0.1) is 17.6 Å². The fraction of sp³-hybridized carbons (Fsp3) is 0.458. The lowest BCUT2D eigenvalue weighted by Crippen LogP contribution is -2.34. The minimum Gasteiger partial charge on any atom is -0.349 e. The van der Waals surface area contributed by atoms with Gasteiger partial charge in [0.25, 0.3) is 0 Å². The van der Waals surface area contributed by atoms with Crippen LogP contribution in [0.3, 0.4) is 0 Å². The maximum absolute atomic E-state index is 13.9. The number of piperidine rings is 1. The fourth-order valence-electron chi connectivity index (χ4n) is 3.89. The summed E-state index contributed by atoms with van der Waals surface area (Å²) < 4.78 is 26.9. The molecule has 2 aromatic rings. The molecule has 0 aliphatic carbocycles. The summed E-state index contributed by atoms with van der Waals surface area (Å²) in [4.78, 5) is 15.6. The second-order valence-corrected chi connectivity index (χ2v) is 8.26. The van der Waals surface area contributed by atoms with Crippen LogP contribution in [-0.2, 0) is 24.2 Å². The average molecular weight is 401 g/mol. The maximum atomic E-state index is 13.9. The quantitative estimate of drug-likeness (QED) is 0.686. The molecule has 1 aliphatic heterocycles. The molecule has 1 heterocycles. The summed E-state index contributed by atoms with van der Waals surface area (Å²) >= 11 is 0. The minimum absolute atomic E-state index is 0.154. The number of aryl methyl sites for hydroxylation is 1. The molecule has 0 saturated carbocycles. The number of carbonyl (C=O) groups excluding carboxylic acids is 1. The fourth-order valence-corrected chi connectivity index (χ4v) is 3.89. The molecule has 0 N–H and O–H groups in total. The Labute approximate surface area is 172 Å². The third-order valence-corrected chi connectivity index (χ3v) is 5.79. The summed E-state index contributed by atoms with van der Waals surface area (Å²) in [6.07, 6.45) is 4.54. The molecule has 0 aromatic heterocycles. The van der Waals surface area contributed by atoms with E-state index in [1.807, 2.05) is 0 Å². The molecule has 1 amide bonds. The van der Waals surface area contributed by atoms with E-state index >= 15 is 0 Å². The summed E-state index contributed by atoms with van der Waals surface area (Å²) in [5.41, 5.74) is 3.09. The number of carbonyl (C=O) groups is 1. The van der Waals surface area contributed by atoms with Gasteiger partial charge in [-0.15, -0.1) is 0 Å². The number of hydrogen-bond acceptors (Lipinski definition) is 2. The van der Waals surface area contributed by atoms with Crippen molar-refractivity contribution in [2.45, 2.75) is 38.6 Å². The second-order valence-electron chi connectivity index (χ2n) is 8.26. The Bertz CT molecular complexity index is 812. The van der Waals surface area contributed by atoms with Gasteiger partial charge in [0.1, 0.15) is 11.6 Å². The summed E-state index contributed by atoms with van der Waals surface area (Å²) in [6.45, 7) is 2.41. The molecule has 1 fully saturated rings. The van der Waals surface area contributed by atoms with Crippen LogP contribution in [0.5, 0.6) is 0 Å². The first-order chi connectivity index (χ1) is 13.9. The highest BCUT2D eigenvalue weighted by Gasteiger charge is 2.20. The first kappa shape index (κ1) is 21.4. The lowest BCUT2D eigenvalue weighted by atomic mass is 9.89. The molecule has 3 nitrogen and oxygen atoms in total. The number of nitrogens with zero attached hydrogens (tertiary/aromatic N) is 2. The van der Waals surface area contributed by atoms with Crippen molar-refractivity contribution in [1.82, 2.24) is 9.80 Å². The molecule has 5 heteroatoms. The molecule has 29 heavy (non-hydrogen) atoms. The minimum atomic E-state index is -0.528. The molecule has 0 unspecified atom stereocenters. The molecule has 0 bridgehead atoms. The standard InChI is InChI=1S/C24H30F2N2O/c1-27(2)24(29)10-7-18-3-5-19(6-4-18)15-20-11-13-28(14-12-20)17-21-8-9-22(25)16-23(21)26/h3-6,8-9,16,20H,7,10-15,17H2,1-2H3. The molecule has 3 rings (SSSR count). The predicted octanol–water partition coefficient (Wildman–Crippen LogP) is 4.44. The van der Waals surface area contributed by atoms with Crippen molar-refractivity contribution in [2.75, 3.05) is 27.2 Å². The smallest absolute Gasteiger partial charge is 0.222 e. The van der Waals surface area contributed by atoms with Crippen molar-refractivity contribution in [3.8, 4) is 0 Å². The maximum Gasteiger partial charge on any atom is 0.222 e. The Balaban J connectivity index is 1.44. The summed E-state index contributed by atoms with van der Waals surface area (Å²) in [5.74, 6) is -0.202. The normalized spacial score (nSPS) is 15.4. The van der Waals surface area contributed by atoms with Crippen molar-refractivity contribution in [3.05, 3.63) is 70.8 Å². The number of likely N-dealkylation sites (tertiary alicyclic amines) is 1. The van der Waals surface area contributed by atoms with Gasteiger partial charge in [-0.05, 0) is 61.9 Å². The van der Waals surface area contributed by atoms with Crippen LogP contribution >= 0.6 is 0 Å². The van der Waals surface area contributed by atoms with E-state index in [-0.39, 0.29) is 5.91 Å². The van der Waals surface area contributed by atoms with Crippen LogP contribution in [-0.4, -0.2) is 42.9 Å². The highest BCUT2D eigenvalue weighted by molar-refractivity contribution is 5.75. The van der Waals surface area contributed by atoms with E-state index in [0.717, 1.165) is 44.8 Å². The molecule has 0 radical (unpaired) electrons. The first-order valence-electron chi connectivity index (χ1n) is 10.3. The number of hydrogen-bond donors (Lipinski definition) is 0. The van der Waals surface area contributed by atoms with Gasteiger partial charge in [0, 0.05) is 38.7 Å². The van der Waals surface area contributed by atoms with E-state index in [0.29, 0.717) is 24.4 Å². The topological polar surface area (TPSA) is 23.6 Å². The summed E-state index contributed by atoms with van der Waals surface area (Å²) in [7, 11) is 3.57. The lowest BCUT2D eigenvalue weighted by molar-refractivity contribution is -0.128. The van der Waals surface area contributed by atoms with Gasteiger partial charge < -0.3 is 4.90 Å². The van der Waals surface area contributed by atoms with Crippen LogP contribution in [0.15, 0.2) is 42.5 Å². The number of halogens is 2. The molecule has 1 aliphatic rings. The zero-order valence-electron chi connectivity index (χ0n) is 17.3. The lowest BCUT2D eigenvalue weighted by Gasteiger charge is -2.32. The number of rotatable bonds is 7. The van der Waals surface area contributed by atoms with Crippen molar-refractivity contribution in [1.29, 1.82) is 0 Å². The molecule has 0 atom stereocenters. The van der Waals surface area contributed by atoms with Crippen LogP contribution < -0.4 is 0 Å². The molecule has 156 valence electrons. The Morgan fingerprint density at radius 3 is 2.31 bits per heavy atom. The molecular formula is C24H30F2N2O. The van der Waals surface area contributed by atoms with Gasteiger partial charge >= 0.3 is 0 Å². The van der Waals surface area contributed by atoms with Crippen LogP contribution in [0.4, 0.5) is 8.78 Å². The van der Waals surface area contributed by atoms with Gasteiger partial charge in [-0.25, -0.2) is 8.78 Å². The zero-order valence-corrected chi connectivity index (χ0v) is 17.3. The predicted molar refractivity (Wildman–Crippen MR) is 112 cm³/mol. The van der Waals surface area contributed by atoms with Gasteiger partial charge in [0.05, 0.1) is 0 Å². The monoisotopic (exact) mass is 400 g/mol. The largest absolute Gasteiger partial charge is 0.349 e. The van der Waals surface area contributed by atoms with Crippen LogP contribution in [0.1, 0.15) is 36.0 Å². The average Bonchev–Trinajstić information content (AvgIpc) is 2.70. The summed E-state index contributed by atoms with van der Waals surface area (Å²) in [5, 5.41) is 0. The first-order valence-corrected chi connectivity index (χ1v) is 10.3. The van der Waals surface area contributed by atoms with Crippen molar-refractivity contribution in [3.63, 3.8) is 0 Å². The Kier molecular flexibility index (Phi) is 7.37. The third kappa shape index (κ3) is 6.36. The van der Waals surface area contributed by atoms with Crippen LogP contribution in [0.25, 0.3) is 0 Å². The van der Waals surface area contributed by atoms with E-state index < -0.39 is 11.6 Å². The van der Waals surface area contributed by atoms with Gasteiger partial charge in [-0.2, -0.15) is 0 Å². The van der Waals surface area contributed by atoms with Crippen molar-refractivity contribution >= 4 is 5.91 Å². The molecule has 1 saturated heterocycles. The Hall–Kier alpha value is -2.27. The number of benzene rings is 2. The third-order valence-electron chi connectivity index (χ3n) is 5.79. The van der Waals surface area contributed by atoms with Gasteiger partial charge in [-0.3, -0.25) is 9.69 Å². The van der Waals surface area contributed by atoms with Crippen molar-refractivity contribution < 1.29 is 13.6 Å². The van der Waals surface area contributed by atoms with Crippen molar-refractivity contribution in [2.24, 2.45) is 5.92 Å². The van der Waals surface area contributed by atoms with E-state index in [9.17, 15) is 13.6 Å². The van der Waals surface area contributed by atoms with E-state index in [2.05, 4.69) is 29.2 Å². The molecular weight excluding hydrogens is 370 g/mol. The highest BCUT2D eigenvalue weighted by Crippen LogP contribution is 2.24. The van der Waals surface area contributed by atoms with E-state index in [1.165, 1.54) is 17.2 Å². The van der Waals surface area contributed by atoms with Crippen LogP contribution in [0.2, 0.25) is 0 Å². The number of amides is 1. The van der Waals surface area contributed by atoms with Gasteiger partial charge in [0.2, 0.25) is 5.91 Å². The highest BCUT2D eigenvalue weighted by atomic mass is 19.1. The van der Waals surface area contributed by atoms with E-state index in [4.69, 9.17) is 0 Å². The van der Waals surface area contributed by atoms with Gasteiger partial charge in [-0.1, -0.05) is 30.3 Å². The Morgan fingerprint density at radius 1 is 1.03 bits per heavy atom. The SMILES string of the molecule is CN(C)C(=O)CCc1ccc(CC2CCN(Cc3ccc(F)cc3F)CC2)cc1. The molecule has 0 spiro atoms.